The van der Waals surface area contributed by atoms with Crippen molar-refractivity contribution < 1.29 is 4.79 Å². The maximum Gasteiger partial charge on any atom is 0.220 e. The average molecular weight is 347 g/mol. The number of nitrogens with one attached hydrogen (secondary N) is 3. The maximum absolute atomic E-state index is 11.4. The lowest BCUT2D eigenvalue weighted by molar-refractivity contribution is -0.122. The Labute approximate surface area is 148 Å². The van der Waals surface area contributed by atoms with E-state index in [0.29, 0.717) is 25.6 Å². The van der Waals surface area contributed by atoms with E-state index in [-0.39, 0.29) is 11.9 Å². The van der Waals surface area contributed by atoms with Gasteiger partial charge in [-0.3, -0.25) is 4.79 Å². The number of carbonyl (C=O) groups is 1. The van der Waals surface area contributed by atoms with E-state index in [2.05, 4.69) is 26.1 Å². The quantitative estimate of drug-likeness (QED) is 0.552. The molecule has 2 fully saturated rings. The van der Waals surface area contributed by atoms with Gasteiger partial charge in [0.2, 0.25) is 5.91 Å². The topological polar surface area (TPSA) is 96.2 Å². The van der Waals surface area contributed by atoms with E-state index >= 15 is 0 Å². The molecule has 1 saturated carbocycles. The molecule has 1 aliphatic heterocycles. The zero-order valence-electron chi connectivity index (χ0n) is 15.2. The summed E-state index contributed by atoms with van der Waals surface area (Å²) in [5, 5.41) is 18.3. The summed E-state index contributed by atoms with van der Waals surface area (Å²) in [5.74, 6) is 2.68. The number of hydrogen-bond donors (Lipinski definition) is 3. The van der Waals surface area contributed by atoms with E-state index in [1.54, 1.807) is 0 Å². The van der Waals surface area contributed by atoms with Crippen molar-refractivity contribution >= 4 is 11.9 Å². The molecular weight excluding hydrogens is 318 g/mol. The van der Waals surface area contributed by atoms with Gasteiger partial charge in [-0.05, 0) is 26.2 Å². The number of carbonyl (C=O) groups excluding carboxylic acids is 1. The first-order valence-electron chi connectivity index (χ1n) is 9.31. The fourth-order valence-corrected chi connectivity index (χ4v) is 3.36. The number of rotatable bonds is 4. The van der Waals surface area contributed by atoms with Gasteiger partial charge in [0.05, 0.1) is 0 Å². The number of aliphatic imine (C=N–C) groups is 1. The van der Waals surface area contributed by atoms with Crippen molar-refractivity contribution in [2.75, 3.05) is 6.54 Å². The Balaban J connectivity index is 1.65. The molecule has 2 aliphatic rings. The molecule has 8 nitrogen and oxygen atoms in total. The smallest absolute Gasteiger partial charge is 0.220 e. The number of piperidine rings is 1. The highest BCUT2D eigenvalue weighted by atomic mass is 16.1. The highest BCUT2D eigenvalue weighted by Crippen LogP contribution is 2.17. The van der Waals surface area contributed by atoms with Crippen LogP contribution in [-0.4, -0.2) is 45.3 Å². The van der Waals surface area contributed by atoms with Crippen LogP contribution >= 0.6 is 0 Å². The van der Waals surface area contributed by atoms with E-state index in [0.717, 1.165) is 24.0 Å². The Bertz CT molecular complexity index is 609. The Hall–Kier alpha value is -2.12. The molecule has 1 amide bonds. The molecule has 1 unspecified atom stereocenters. The predicted octanol–water partition coefficient (Wildman–Crippen LogP) is 0.770. The first kappa shape index (κ1) is 17.7. The molecular formula is C17H29N7O. The second-order valence-corrected chi connectivity index (χ2v) is 7.05. The lowest BCUT2D eigenvalue weighted by Gasteiger charge is -2.29. The minimum Gasteiger partial charge on any atom is -0.354 e. The molecule has 1 aromatic heterocycles. The van der Waals surface area contributed by atoms with Crippen LogP contribution in [-0.2, 0) is 18.4 Å². The molecule has 1 atom stereocenters. The maximum atomic E-state index is 11.4. The van der Waals surface area contributed by atoms with Gasteiger partial charge in [0, 0.05) is 32.1 Å². The van der Waals surface area contributed by atoms with Crippen LogP contribution in [0.4, 0.5) is 0 Å². The highest BCUT2D eigenvalue weighted by Gasteiger charge is 2.21. The molecule has 0 bridgehead atoms. The number of aromatic nitrogens is 3. The van der Waals surface area contributed by atoms with Crippen molar-refractivity contribution in [1.29, 1.82) is 0 Å². The monoisotopic (exact) mass is 347 g/mol. The molecule has 0 radical (unpaired) electrons. The predicted molar refractivity (Wildman–Crippen MR) is 96.1 cm³/mol. The molecule has 1 aromatic rings. The van der Waals surface area contributed by atoms with Crippen LogP contribution in [0.25, 0.3) is 0 Å². The van der Waals surface area contributed by atoms with E-state index in [1.807, 2.05) is 18.5 Å². The zero-order valence-corrected chi connectivity index (χ0v) is 15.2. The van der Waals surface area contributed by atoms with Gasteiger partial charge in [-0.25, -0.2) is 4.99 Å². The van der Waals surface area contributed by atoms with Crippen molar-refractivity contribution in [2.24, 2.45) is 12.0 Å². The van der Waals surface area contributed by atoms with Gasteiger partial charge in [-0.15, -0.1) is 10.2 Å². The second kappa shape index (κ2) is 8.31. The Morgan fingerprint density at radius 3 is 2.60 bits per heavy atom. The third kappa shape index (κ3) is 4.93. The number of aryl methyl sites for hydroxylation is 1. The lowest BCUT2D eigenvalue weighted by Crippen LogP contribution is -2.53. The summed E-state index contributed by atoms with van der Waals surface area (Å²) in [6.45, 7) is 3.07. The molecule has 3 rings (SSSR count). The van der Waals surface area contributed by atoms with Crippen LogP contribution in [0.2, 0.25) is 0 Å². The second-order valence-electron chi connectivity index (χ2n) is 7.05. The molecule has 138 valence electrons. The van der Waals surface area contributed by atoms with E-state index in [1.165, 1.54) is 32.1 Å². The number of nitrogens with zero attached hydrogens (tertiary/aromatic N) is 4. The first-order valence-corrected chi connectivity index (χ1v) is 9.31. The SMILES string of the molecule is Cc1nnc(CN=C(NC2CCCCC2)NC2CCC(=O)NC2)n1C. The van der Waals surface area contributed by atoms with Crippen molar-refractivity contribution in [2.45, 2.75) is 70.5 Å². The Kier molecular flexibility index (Phi) is 5.88. The number of guanidine groups is 1. The van der Waals surface area contributed by atoms with Crippen molar-refractivity contribution in [3.8, 4) is 0 Å². The summed E-state index contributed by atoms with van der Waals surface area (Å²) >= 11 is 0. The summed E-state index contributed by atoms with van der Waals surface area (Å²) in [6.07, 6.45) is 7.64. The zero-order chi connectivity index (χ0) is 17.6. The third-order valence-electron chi connectivity index (χ3n) is 5.11. The summed E-state index contributed by atoms with van der Waals surface area (Å²) in [6, 6.07) is 0.688. The van der Waals surface area contributed by atoms with Gasteiger partial charge in [-0.1, -0.05) is 19.3 Å². The van der Waals surface area contributed by atoms with Gasteiger partial charge in [0.15, 0.2) is 11.8 Å². The molecule has 8 heteroatoms. The molecule has 1 saturated heterocycles. The number of hydrogen-bond acceptors (Lipinski definition) is 4. The summed E-state index contributed by atoms with van der Waals surface area (Å²) in [4.78, 5) is 16.1. The van der Waals surface area contributed by atoms with Crippen LogP contribution in [0.1, 0.15) is 56.6 Å². The summed E-state index contributed by atoms with van der Waals surface area (Å²) in [5.41, 5.74) is 0. The Morgan fingerprint density at radius 2 is 1.96 bits per heavy atom. The highest BCUT2D eigenvalue weighted by molar-refractivity contribution is 5.81. The van der Waals surface area contributed by atoms with Crippen LogP contribution in [0.15, 0.2) is 4.99 Å². The number of amides is 1. The first-order chi connectivity index (χ1) is 12.1. The van der Waals surface area contributed by atoms with E-state index in [4.69, 9.17) is 4.99 Å². The van der Waals surface area contributed by atoms with Crippen LogP contribution in [0, 0.1) is 6.92 Å². The van der Waals surface area contributed by atoms with Gasteiger partial charge >= 0.3 is 0 Å². The Morgan fingerprint density at radius 1 is 1.20 bits per heavy atom. The minimum atomic E-state index is 0.131. The van der Waals surface area contributed by atoms with E-state index in [9.17, 15) is 4.79 Å². The largest absolute Gasteiger partial charge is 0.354 e. The molecule has 0 aromatic carbocycles. The van der Waals surface area contributed by atoms with Gasteiger partial charge in [0.25, 0.3) is 0 Å². The molecule has 25 heavy (non-hydrogen) atoms. The molecule has 1 aliphatic carbocycles. The average Bonchev–Trinajstić information content (AvgIpc) is 2.94. The standard InChI is InChI=1S/C17H29N7O/c1-12-22-23-15(24(12)2)11-19-17(20-13-6-4-3-5-7-13)21-14-8-9-16(25)18-10-14/h13-14H,3-11H2,1-2H3,(H,18,25)(H2,19,20,21). The molecule has 0 spiro atoms. The van der Waals surface area contributed by atoms with Gasteiger partial charge in [-0.2, -0.15) is 0 Å². The molecule has 2 heterocycles. The fourth-order valence-electron chi connectivity index (χ4n) is 3.36. The fraction of sp³-hybridized carbons (Fsp3) is 0.765. The minimum absolute atomic E-state index is 0.131. The molecule has 3 N–H and O–H groups in total. The third-order valence-corrected chi connectivity index (χ3v) is 5.11. The summed E-state index contributed by atoms with van der Waals surface area (Å²) in [7, 11) is 1.96. The van der Waals surface area contributed by atoms with Gasteiger partial charge < -0.3 is 20.5 Å². The van der Waals surface area contributed by atoms with Crippen LogP contribution in [0.5, 0.6) is 0 Å². The van der Waals surface area contributed by atoms with Crippen molar-refractivity contribution in [1.82, 2.24) is 30.7 Å². The van der Waals surface area contributed by atoms with E-state index < -0.39 is 0 Å². The van der Waals surface area contributed by atoms with Gasteiger partial charge in [0.1, 0.15) is 12.4 Å². The lowest BCUT2D eigenvalue weighted by atomic mass is 9.96. The summed E-state index contributed by atoms with van der Waals surface area (Å²) < 4.78 is 1.96. The normalized spacial score (nSPS) is 22.6. The van der Waals surface area contributed by atoms with Crippen molar-refractivity contribution in [3.63, 3.8) is 0 Å². The van der Waals surface area contributed by atoms with Crippen LogP contribution < -0.4 is 16.0 Å². The van der Waals surface area contributed by atoms with Crippen LogP contribution in [0.3, 0.4) is 0 Å². The van der Waals surface area contributed by atoms with Crippen molar-refractivity contribution in [3.05, 3.63) is 11.6 Å².